The Balaban J connectivity index is 3.29. The standard InChI is InChI=1S/C9H10ClN3/c1-4-7-9(6(2)11-3)12-5-8(10)13-7/h4-5H,1H2,2-3H3. The van der Waals surface area contributed by atoms with Crippen molar-refractivity contribution in [2.75, 3.05) is 7.05 Å². The molecule has 0 radical (unpaired) electrons. The highest BCUT2D eigenvalue weighted by molar-refractivity contribution is 6.29. The zero-order valence-corrected chi connectivity index (χ0v) is 8.34. The number of hydrogen-bond acceptors (Lipinski definition) is 3. The Morgan fingerprint density at radius 1 is 1.69 bits per heavy atom. The van der Waals surface area contributed by atoms with E-state index in [1.807, 2.05) is 6.92 Å². The Bertz CT molecular complexity index is 358. The molecule has 0 spiro atoms. The molecule has 0 fully saturated rings. The monoisotopic (exact) mass is 195 g/mol. The zero-order chi connectivity index (χ0) is 9.84. The molecule has 0 unspecified atom stereocenters. The fourth-order valence-corrected chi connectivity index (χ4v) is 1.05. The average molecular weight is 196 g/mol. The summed E-state index contributed by atoms with van der Waals surface area (Å²) >= 11 is 5.68. The van der Waals surface area contributed by atoms with Gasteiger partial charge in [-0.05, 0) is 13.0 Å². The Morgan fingerprint density at radius 3 is 2.92 bits per heavy atom. The fourth-order valence-electron chi connectivity index (χ4n) is 0.908. The normalized spacial score (nSPS) is 11.5. The molecule has 68 valence electrons. The van der Waals surface area contributed by atoms with Crippen molar-refractivity contribution in [1.29, 1.82) is 0 Å². The van der Waals surface area contributed by atoms with Gasteiger partial charge < -0.3 is 0 Å². The minimum absolute atomic E-state index is 0.363. The van der Waals surface area contributed by atoms with E-state index in [4.69, 9.17) is 11.6 Å². The molecule has 0 amide bonds. The van der Waals surface area contributed by atoms with Crippen LogP contribution in [0.4, 0.5) is 0 Å². The molecule has 1 rings (SSSR count). The predicted molar refractivity (Wildman–Crippen MR) is 55.3 cm³/mol. The van der Waals surface area contributed by atoms with Crippen molar-refractivity contribution in [3.8, 4) is 0 Å². The molecule has 3 nitrogen and oxygen atoms in total. The molecule has 0 aliphatic carbocycles. The molecule has 4 heteroatoms. The van der Waals surface area contributed by atoms with Crippen LogP contribution >= 0.6 is 11.6 Å². The topological polar surface area (TPSA) is 38.1 Å². The summed E-state index contributed by atoms with van der Waals surface area (Å²) < 4.78 is 0. The van der Waals surface area contributed by atoms with E-state index in [1.54, 1.807) is 13.1 Å². The summed E-state index contributed by atoms with van der Waals surface area (Å²) in [4.78, 5) is 12.2. The van der Waals surface area contributed by atoms with Crippen LogP contribution in [-0.4, -0.2) is 22.7 Å². The summed E-state index contributed by atoms with van der Waals surface area (Å²) in [6.07, 6.45) is 3.11. The Labute approximate surface area is 82.2 Å². The van der Waals surface area contributed by atoms with Crippen LogP contribution in [0.3, 0.4) is 0 Å². The van der Waals surface area contributed by atoms with Crippen molar-refractivity contribution >= 4 is 23.4 Å². The van der Waals surface area contributed by atoms with Crippen LogP contribution in [0, 0.1) is 0 Å². The van der Waals surface area contributed by atoms with E-state index in [1.165, 1.54) is 6.20 Å². The fraction of sp³-hybridized carbons (Fsp3) is 0.222. The van der Waals surface area contributed by atoms with E-state index in [0.29, 0.717) is 10.8 Å². The lowest BCUT2D eigenvalue weighted by atomic mass is 10.2. The summed E-state index contributed by atoms with van der Waals surface area (Å²) in [5, 5.41) is 0.363. The lowest BCUT2D eigenvalue weighted by Crippen LogP contribution is -2.03. The molecule has 0 N–H and O–H groups in total. The second-order valence-corrected chi connectivity index (χ2v) is 2.83. The molecule has 1 aromatic heterocycles. The molecule has 0 atom stereocenters. The van der Waals surface area contributed by atoms with Gasteiger partial charge in [0, 0.05) is 7.05 Å². The number of nitrogens with zero attached hydrogens (tertiary/aromatic N) is 3. The maximum atomic E-state index is 5.68. The second-order valence-electron chi connectivity index (χ2n) is 2.44. The van der Waals surface area contributed by atoms with Gasteiger partial charge in [0.05, 0.1) is 17.6 Å². The van der Waals surface area contributed by atoms with Crippen LogP contribution in [0.1, 0.15) is 18.3 Å². The third kappa shape index (κ3) is 2.12. The van der Waals surface area contributed by atoms with Gasteiger partial charge in [-0.1, -0.05) is 18.2 Å². The molecule has 13 heavy (non-hydrogen) atoms. The van der Waals surface area contributed by atoms with Gasteiger partial charge in [0.15, 0.2) is 0 Å². The number of rotatable bonds is 2. The van der Waals surface area contributed by atoms with E-state index in [-0.39, 0.29) is 0 Å². The summed E-state index contributed by atoms with van der Waals surface area (Å²) in [6, 6.07) is 0. The third-order valence-corrected chi connectivity index (χ3v) is 1.82. The lowest BCUT2D eigenvalue weighted by molar-refractivity contribution is 1.15. The smallest absolute Gasteiger partial charge is 0.148 e. The highest BCUT2D eigenvalue weighted by Gasteiger charge is 2.05. The predicted octanol–water partition coefficient (Wildman–Crippen LogP) is 2.21. The first kappa shape index (κ1) is 9.86. The molecule has 0 aliphatic heterocycles. The first-order valence-corrected chi connectivity index (χ1v) is 4.15. The van der Waals surface area contributed by atoms with Gasteiger partial charge in [-0.15, -0.1) is 0 Å². The number of aromatic nitrogens is 2. The van der Waals surface area contributed by atoms with Crippen molar-refractivity contribution < 1.29 is 0 Å². The first-order valence-electron chi connectivity index (χ1n) is 3.77. The molecule has 1 heterocycles. The molecule has 0 aromatic carbocycles. The van der Waals surface area contributed by atoms with Gasteiger partial charge in [0.25, 0.3) is 0 Å². The molecule has 0 aliphatic rings. The van der Waals surface area contributed by atoms with Crippen molar-refractivity contribution in [1.82, 2.24) is 9.97 Å². The molecule has 0 saturated heterocycles. The van der Waals surface area contributed by atoms with Gasteiger partial charge in [0.2, 0.25) is 0 Å². The highest BCUT2D eigenvalue weighted by Crippen LogP contribution is 2.10. The van der Waals surface area contributed by atoms with E-state index < -0.39 is 0 Å². The van der Waals surface area contributed by atoms with Crippen molar-refractivity contribution in [2.24, 2.45) is 4.99 Å². The maximum Gasteiger partial charge on any atom is 0.148 e. The van der Waals surface area contributed by atoms with Crippen molar-refractivity contribution in [2.45, 2.75) is 6.92 Å². The van der Waals surface area contributed by atoms with Gasteiger partial charge in [-0.25, -0.2) is 9.97 Å². The van der Waals surface area contributed by atoms with Crippen LogP contribution in [0.25, 0.3) is 6.08 Å². The summed E-state index contributed by atoms with van der Waals surface area (Å²) in [5.41, 5.74) is 2.21. The molecule has 1 aromatic rings. The van der Waals surface area contributed by atoms with Crippen LogP contribution in [0.15, 0.2) is 17.8 Å². The lowest BCUT2D eigenvalue weighted by Gasteiger charge is -2.02. The van der Waals surface area contributed by atoms with Crippen LogP contribution < -0.4 is 0 Å². The van der Waals surface area contributed by atoms with Gasteiger partial charge in [-0.2, -0.15) is 0 Å². The van der Waals surface area contributed by atoms with Crippen LogP contribution in [0.2, 0.25) is 5.15 Å². The highest BCUT2D eigenvalue weighted by atomic mass is 35.5. The first-order chi connectivity index (χ1) is 6.19. The van der Waals surface area contributed by atoms with E-state index in [2.05, 4.69) is 21.5 Å². The quantitative estimate of drug-likeness (QED) is 0.679. The van der Waals surface area contributed by atoms with Gasteiger partial charge in [-0.3, -0.25) is 4.99 Å². The van der Waals surface area contributed by atoms with E-state index >= 15 is 0 Å². The zero-order valence-electron chi connectivity index (χ0n) is 7.58. The Hall–Kier alpha value is -1.22. The Kier molecular flexibility index (Phi) is 3.14. The Morgan fingerprint density at radius 2 is 2.38 bits per heavy atom. The van der Waals surface area contributed by atoms with Crippen molar-refractivity contribution in [3.63, 3.8) is 0 Å². The van der Waals surface area contributed by atoms with Gasteiger partial charge in [0.1, 0.15) is 10.8 Å². The molecule has 0 saturated carbocycles. The summed E-state index contributed by atoms with van der Waals surface area (Å²) in [6.45, 7) is 5.50. The largest absolute Gasteiger partial charge is 0.291 e. The summed E-state index contributed by atoms with van der Waals surface area (Å²) in [7, 11) is 1.71. The number of hydrogen-bond donors (Lipinski definition) is 0. The maximum absolute atomic E-state index is 5.68. The average Bonchev–Trinajstić information content (AvgIpc) is 2.16. The van der Waals surface area contributed by atoms with E-state index in [0.717, 1.165) is 11.4 Å². The minimum atomic E-state index is 0.363. The summed E-state index contributed by atoms with van der Waals surface area (Å²) in [5.74, 6) is 0. The number of aliphatic imine (C=N–C) groups is 1. The second kappa shape index (κ2) is 4.14. The van der Waals surface area contributed by atoms with E-state index in [9.17, 15) is 0 Å². The number of halogens is 1. The van der Waals surface area contributed by atoms with Crippen LogP contribution in [-0.2, 0) is 0 Å². The molecule has 0 bridgehead atoms. The van der Waals surface area contributed by atoms with Crippen LogP contribution in [0.5, 0.6) is 0 Å². The minimum Gasteiger partial charge on any atom is -0.291 e. The third-order valence-electron chi connectivity index (χ3n) is 1.64. The van der Waals surface area contributed by atoms with Crippen molar-refractivity contribution in [3.05, 3.63) is 29.3 Å². The molecular formula is C9H10ClN3. The van der Waals surface area contributed by atoms with Gasteiger partial charge >= 0.3 is 0 Å². The SMILES string of the molecule is C=Cc1nc(Cl)cnc1C(C)=NC. The molecular weight excluding hydrogens is 186 g/mol.